The summed E-state index contributed by atoms with van der Waals surface area (Å²) in [5, 5.41) is 13.7. The molecule has 0 aliphatic rings. The minimum Gasteiger partial charge on any atom is -0.497 e. The third kappa shape index (κ3) is 5.65. The first-order chi connectivity index (χ1) is 16.2. The zero-order valence-corrected chi connectivity index (χ0v) is 17.9. The molecule has 3 rings (SSSR count). The number of rotatable bonds is 9. The topological polar surface area (TPSA) is 177 Å². The van der Waals surface area contributed by atoms with Gasteiger partial charge >= 0.3 is 0 Å². The molecular formula is C23H20N4O7. The number of ether oxygens (including phenoxy) is 2. The lowest BCUT2D eigenvalue weighted by atomic mass is 10.0. The van der Waals surface area contributed by atoms with E-state index in [4.69, 9.17) is 20.9 Å². The standard InChI is InChI=1S/C23H20N4O7/c1-33-18-5-2-13(3-6-18)19-11-17(27(31)32)4-7-20(19)34-12-21(28)26-16-9-14(22(24)29)8-15(10-16)23(25)30/h2-11H,12H2,1H3,(H2,24,29)(H2,25,30)(H,26,28). The Hall–Kier alpha value is -4.93. The van der Waals surface area contributed by atoms with Crippen LogP contribution in [-0.4, -0.2) is 36.4 Å². The fourth-order valence-electron chi connectivity index (χ4n) is 3.08. The predicted molar refractivity (Wildman–Crippen MR) is 123 cm³/mol. The Morgan fingerprint density at radius 2 is 1.56 bits per heavy atom. The number of primary amides is 2. The second kappa shape index (κ2) is 10.1. The number of nitro benzene ring substituents is 1. The highest BCUT2D eigenvalue weighted by atomic mass is 16.6. The van der Waals surface area contributed by atoms with E-state index in [1.54, 1.807) is 24.3 Å². The summed E-state index contributed by atoms with van der Waals surface area (Å²) in [6, 6.07) is 14.6. The van der Waals surface area contributed by atoms with Gasteiger partial charge in [0, 0.05) is 34.5 Å². The van der Waals surface area contributed by atoms with Crippen LogP contribution in [0.5, 0.6) is 11.5 Å². The quantitative estimate of drug-likeness (QED) is 0.322. The van der Waals surface area contributed by atoms with Gasteiger partial charge in [-0.15, -0.1) is 0 Å². The molecule has 0 bridgehead atoms. The zero-order valence-electron chi connectivity index (χ0n) is 17.9. The summed E-state index contributed by atoms with van der Waals surface area (Å²) in [7, 11) is 1.51. The first kappa shape index (κ1) is 23.7. The summed E-state index contributed by atoms with van der Waals surface area (Å²) in [4.78, 5) is 46.1. The molecule has 0 unspecified atom stereocenters. The fourth-order valence-corrected chi connectivity index (χ4v) is 3.08. The van der Waals surface area contributed by atoms with E-state index in [1.165, 1.54) is 43.5 Å². The number of carbonyl (C=O) groups is 3. The minimum absolute atomic E-state index is 0.00956. The van der Waals surface area contributed by atoms with E-state index in [2.05, 4.69) is 5.32 Å². The molecule has 11 nitrogen and oxygen atoms in total. The van der Waals surface area contributed by atoms with Crippen molar-refractivity contribution in [3.8, 4) is 22.6 Å². The van der Waals surface area contributed by atoms with Gasteiger partial charge in [-0.2, -0.15) is 0 Å². The van der Waals surface area contributed by atoms with Crippen molar-refractivity contribution in [2.45, 2.75) is 0 Å². The lowest BCUT2D eigenvalue weighted by Crippen LogP contribution is -2.22. The van der Waals surface area contributed by atoms with Crippen molar-refractivity contribution in [3.05, 3.63) is 81.9 Å². The number of anilines is 1. The Morgan fingerprint density at radius 3 is 2.09 bits per heavy atom. The number of amides is 3. The molecule has 5 N–H and O–H groups in total. The van der Waals surface area contributed by atoms with Crippen molar-refractivity contribution in [2.75, 3.05) is 19.0 Å². The molecule has 3 aromatic carbocycles. The van der Waals surface area contributed by atoms with Crippen LogP contribution < -0.4 is 26.3 Å². The Balaban J connectivity index is 1.82. The lowest BCUT2D eigenvalue weighted by molar-refractivity contribution is -0.384. The Bertz CT molecular complexity index is 1240. The summed E-state index contributed by atoms with van der Waals surface area (Å²) >= 11 is 0. The first-order valence-corrected chi connectivity index (χ1v) is 9.78. The predicted octanol–water partition coefficient (Wildman–Crippen LogP) is 2.49. The summed E-state index contributed by atoms with van der Waals surface area (Å²) < 4.78 is 10.8. The van der Waals surface area contributed by atoms with Gasteiger partial charge in [-0.05, 0) is 42.0 Å². The molecule has 0 spiro atoms. The van der Waals surface area contributed by atoms with E-state index in [0.29, 0.717) is 16.9 Å². The van der Waals surface area contributed by atoms with Gasteiger partial charge in [0.1, 0.15) is 11.5 Å². The van der Waals surface area contributed by atoms with Crippen LogP contribution in [0.4, 0.5) is 11.4 Å². The molecule has 0 radical (unpaired) electrons. The third-order valence-electron chi connectivity index (χ3n) is 4.72. The van der Waals surface area contributed by atoms with Crippen LogP contribution in [0.1, 0.15) is 20.7 Å². The average Bonchev–Trinajstić information content (AvgIpc) is 2.82. The molecular weight excluding hydrogens is 444 g/mol. The number of hydrogen-bond donors (Lipinski definition) is 3. The van der Waals surface area contributed by atoms with E-state index in [9.17, 15) is 24.5 Å². The Labute approximate surface area is 193 Å². The molecule has 0 aromatic heterocycles. The molecule has 11 heteroatoms. The molecule has 0 heterocycles. The number of nitrogens with one attached hydrogen (secondary N) is 1. The molecule has 0 saturated heterocycles. The zero-order chi connectivity index (χ0) is 24.8. The molecule has 3 aromatic rings. The van der Waals surface area contributed by atoms with E-state index in [-0.39, 0.29) is 28.3 Å². The van der Waals surface area contributed by atoms with E-state index >= 15 is 0 Å². The number of carbonyl (C=O) groups excluding carboxylic acids is 3. The molecule has 0 atom stereocenters. The number of nitrogens with two attached hydrogens (primary N) is 2. The van der Waals surface area contributed by atoms with Crippen molar-refractivity contribution >= 4 is 29.1 Å². The van der Waals surface area contributed by atoms with Crippen LogP contribution in [0.2, 0.25) is 0 Å². The van der Waals surface area contributed by atoms with Crippen molar-refractivity contribution in [3.63, 3.8) is 0 Å². The van der Waals surface area contributed by atoms with Gasteiger partial charge < -0.3 is 26.3 Å². The van der Waals surface area contributed by atoms with Crippen LogP contribution in [0.25, 0.3) is 11.1 Å². The van der Waals surface area contributed by atoms with Gasteiger partial charge in [-0.3, -0.25) is 24.5 Å². The SMILES string of the molecule is COc1ccc(-c2cc([N+](=O)[O-])ccc2OCC(=O)Nc2cc(C(N)=O)cc(C(N)=O)c2)cc1. The maximum Gasteiger partial charge on any atom is 0.270 e. The second-order valence-electron chi connectivity index (χ2n) is 7.03. The Kier molecular flexibility index (Phi) is 7.07. The maximum absolute atomic E-state index is 12.5. The fraction of sp³-hybridized carbons (Fsp3) is 0.0870. The molecule has 3 amide bonds. The normalized spacial score (nSPS) is 10.3. The number of methoxy groups -OCH3 is 1. The Morgan fingerprint density at radius 1 is 0.941 bits per heavy atom. The van der Waals surface area contributed by atoms with E-state index in [0.717, 1.165) is 0 Å². The number of nitro groups is 1. The lowest BCUT2D eigenvalue weighted by Gasteiger charge is -2.13. The van der Waals surface area contributed by atoms with Crippen molar-refractivity contribution in [1.29, 1.82) is 0 Å². The third-order valence-corrected chi connectivity index (χ3v) is 4.72. The summed E-state index contributed by atoms with van der Waals surface area (Å²) in [6.45, 7) is -0.465. The van der Waals surface area contributed by atoms with Gasteiger partial charge in [0.25, 0.3) is 11.6 Å². The maximum atomic E-state index is 12.5. The second-order valence-corrected chi connectivity index (χ2v) is 7.03. The average molecular weight is 464 g/mol. The summed E-state index contributed by atoms with van der Waals surface area (Å²) in [5.74, 6) is -1.38. The molecule has 0 aliphatic heterocycles. The van der Waals surface area contributed by atoms with Gasteiger partial charge in [-0.25, -0.2) is 0 Å². The van der Waals surface area contributed by atoms with Crippen LogP contribution in [-0.2, 0) is 4.79 Å². The van der Waals surface area contributed by atoms with Crippen LogP contribution in [0.3, 0.4) is 0 Å². The molecule has 0 aliphatic carbocycles. The highest BCUT2D eigenvalue weighted by molar-refractivity contribution is 6.01. The molecule has 0 saturated carbocycles. The molecule has 0 fully saturated rings. The highest BCUT2D eigenvalue weighted by Crippen LogP contribution is 2.34. The summed E-state index contributed by atoms with van der Waals surface area (Å²) in [6.07, 6.45) is 0. The van der Waals surface area contributed by atoms with Crippen molar-refractivity contribution < 1.29 is 28.8 Å². The first-order valence-electron chi connectivity index (χ1n) is 9.78. The number of nitrogens with zero attached hydrogens (tertiary/aromatic N) is 1. The van der Waals surface area contributed by atoms with Crippen molar-refractivity contribution in [1.82, 2.24) is 0 Å². The molecule has 174 valence electrons. The van der Waals surface area contributed by atoms with Gasteiger partial charge in [0.2, 0.25) is 11.8 Å². The molecule has 34 heavy (non-hydrogen) atoms. The van der Waals surface area contributed by atoms with Gasteiger partial charge in [0.05, 0.1) is 12.0 Å². The smallest absolute Gasteiger partial charge is 0.270 e. The number of hydrogen-bond acceptors (Lipinski definition) is 7. The van der Waals surface area contributed by atoms with Gasteiger partial charge in [0.15, 0.2) is 6.61 Å². The van der Waals surface area contributed by atoms with Crippen molar-refractivity contribution in [2.24, 2.45) is 11.5 Å². The van der Waals surface area contributed by atoms with E-state index in [1.807, 2.05) is 0 Å². The van der Waals surface area contributed by atoms with Crippen LogP contribution in [0, 0.1) is 10.1 Å². The minimum atomic E-state index is -0.801. The highest BCUT2D eigenvalue weighted by Gasteiger charge is 2.16. The summed E-state index contributed by atoms with van der Waals surface area (Å²) in [5.41, 5.74) is 11.5. The number of benzene rings is 3. The van der Waals surface area contributed by atoms with E-state index < -0.39 is 29.3 Å². The van der Waals surface area contributed by atoms with Crippen LogP contribution >= 0.6 is 0 Å². The van der Waals surface area contributed by atoms with Gasteiger partial charge in [-0.1, -0.05) is 12.1 Å². The largest absolute Gasteiger partial charge is 0.497 e. The van der Waals surface area contributed by atoms with Crippen LogP contribution in [0.15, 0.2) is 60.7 Å². The monoisotopic (exact) mass is 464 g/mol. The number of non-ortho nitro benzene ring substituents is 1.